The Hall–Kier alpha value is -1.35. The van der Waals surface area contributed by atoms with Crippen molar-refractivity contribution in [3.05, 3.63) is 35.4 Å². The van der Waals surface area contributed by atoms with Crippen LogP contribution < -0.4 is 5.48 Å². The molecule has 0 bridgehead atoms. The molecule has 3 heteroatoms. The minimum Gasteiger partial charge on any atom is -0.273 e. The number of benzene rings is 1. The first kappa shape index (κ1) is 12.7. The van der Waals surface area contributed by atoms with Crippen LogP contribution in [0, 0.1) is 12.8 Å². The third-order valence-electron chi connectivity index (χ3n) is 2.05. The molecule has 16 heavy (non-hydrogen) atoms. The van der Waals surface area contributed by atoms with Crippen LogP contribution in [0.4, 0.5) is 0 Å². The minimum atomic E-state index is -0.105. The number of amides is 1. The molecule has 0 unspecified atom stereocenters. The zero-order valence-electron chi connectivity index (χ0n) is 10.1. The number of hydrogen-bond donors (Lipinski definition) is 1. The Morgan fingerprint density at radius 2 is 2.19 bits per heavy atom. The van der Waals surface area contributed by atoms with Crippen LogP contribution in [0.3, 0.4) is 0 Å². The molecule has 0 radical (unpaired) electrons. The number of hydroxylamine groups is 1. The summed E-state index contributed by atoms with van der Waals surface area (Å²) < 4.78 is 0. The number of rotatable bonds is 5. The molecular weight excluding hydrogens is 202 g/mol. The van der Waals surface area contributed by atoms with Crippen LogP contribution >= 0.6 is 0 Å². The number of carbonyl (C=O) groups is 1. The van der Waals surface area contributed by atoms with Gasteiger partial charge in [0.1, 0.15) is 0 Å². The summed E-state index contributed by atoms with van der Waals surface area (Å²) in [5.41, 5.74) is 4.61. The van der Waals surface area contributed by atoms with Crippen molar-refractivity contribution in [3.8, 4) is 0 Å². The van der Waals surface area contributed by atoms with Crippen LogP contribution in [-0.2, 0) is 16.1 Å². The smallest absolute Gasteiger partial charge is 0.247 e. The third kappa shape index (κ3) is 4.94. The Morgan fingerprint density at radius 3 is 2.81 bits per heavy atom. The van der Waals surface area contributed by atoms with Gasteiger partial charge in [-0.05, 0) is 18.4 Å². The first-order valence-corrected chi connectivity index (χ1v) is 5.54. The molecule has 1 aromatic rings. The van der Waals surface area contributed by atoms with Gasteiger partial charge < -0.3 is 0 Å². The van der Waals surface area contributed by atoms with Crippen molar-refractivity contribution in [1.82, 2.24) is 5.48 Å². The van der Waals surface area contributed by atoms with E-state index in [-0.39, 0.29) is 5.91 Å². The fraction of sp³-hybridized carbons (Fsp3) is 0.462. The van der Waals surface area contributed by atoms with Crippen molar-refractivity contribution in [3.63, 3.8) is 0 Å². The highest BCUT2D eigenvalue weighted by Crippen LogP contribution is 2.04. The predicted molar refractivity (Wildman–Crippen MR) is 63.8 cm³/mol. The molecule has 3 nitrogen and oxygen atoms in total. The summed E-state index contributed by atoms with van der Waals surface area (Å²) in [5, 5.41) is 0. The Morgan fingerprint density at radius 1 is 1.44 bits per heavy atom. The third-order valence-corrected chi connectivity index (χ3v) is 2.05. The quantitative estimate of drug-likeness (QED) is 0.774. The van der Waals surface area contributed by atoms with Crippen LogP contribution in [0.1, 0.15) is 25.0 Å². The first-order chi connectivity index (χ1) is 7.58. The van der Waals surface area contributed by atoms with Gasteiger partial charge in [-0.2, -0.15) is 0 Å². The molecule has 0 aliphatic rings. The van der Waals surface area contributed by atoms with Gasteiger partial charge in [-0.25, -0.2) is 5.48 Å². The largest absolute Gasteiger partial charge is 0.273 e. The van der Waals surface area contributed by atoms with Gasteiger partial charge in [-0.1, -0.05) is 43.7 Å². The van der Waals surface area contributed by atoms with Gasteiger partial charge in [0, 0.05) is 0 Å². The maximum absolute atomic E-state index is 11.5. The summed E-state index contributed by atoms with van der Waals surface area (Å²) >= 11 is 0. The van der Waals surface area contributed by atoms with Crippen molar-refractivity contribution in [2.75, 3.05) is 6.61 Å². The second-order valence-corrected chi connectivity index (χ2v) is 4.40. The lowest BCUT2D eigenvalue weighted by atomic mass is 10.1. The van der Waals surface area contributed by atoms with Crippen molar-refractivity contribution < 1.29 is 9.63 Å². The van der Waals surface area contributed by atoms with Gasteiger partial charge in [0.15, 0.2) is 0 Å². The van der Waals surface area contributed by atoms with Gasteiger partial charge in [-0.15, -0.1) is 0 Å². The molecule has 0 fully saturated rings. The zero-order valence-corrected chi connectivity index (χ0v) is 10.1. The molecule has 88 valence electrons. The standard InChI is InChI=1S/C13H19NO2/c1-10(2)9-16-14-13(15)8-12-6-4-5-11(3)7-12/h4-7,10H,8-9H2,1-3H3,(H,14,15). The molecule has 1 N–H and O–H groups in total. The lowest BCUT2D eigenvalue weighted by Gasteiger charge is -2.08. The monoisotopic (exact) mass is 221 g/mol. The van der Waals surface area contributed by atoms with Gasteiger partial charge in [0.2, 0.25) is 5.91 Å². The fourth-order valence-corrected chi connectivity index (χ4v) is 1.33. The number of carbonyl (C=O) groups excluding carboxylic acids is 1. The minimum absolute atomic E-state index is 0.105. The molecule has 0 saturated carbocycles. The van der Waals surface area contributed by atoms with Gasteiger partial charge in [0.25, 0.3) is 0 Å². The molecule has 1 rings (SSSR count). The van der Waals surface area contributed by atoms with E-state index in [4.69, 9.17) is 4.84 Å². The van der Waals surface area contributed by atoms with Crippen LogP contribution in [0.15, 0.2) is 24.3 Å². The molecule has 0 saturated heterocycles. The fourth-order valence-electron chi connectivity index (χ4n) is 1.33. The highest BCUT2D eigenvalue weighted by molar-refractivity contribution is 5.77. The summed E-state index contributed by atoms with van der Waals surface area (Å²) in [6, 6.07) is 7.90. The Balaban J connectivity index is 2.34. The van der Waals surface area contributed by atoms with Crippen LogP contribution in [-0.4, -0.2) is 12.5 Å². The molecule has 0 atom stereocenters. The number of hydrogen-bond acceptors (Lipinski definition) is 2. The molecular formula is C13H19NO2. The van der Waals surface area contributed by atoms with E-state index < -0.39 is 0 Å². The molecule has 1 aromatic carbocycles. The SMILES string of the molecule is Cc1cccc(CC(=O)NOCC(C)C)c1. The Labute approximate surface area is 96.8 Å². The van der Waals surface area contributed by atoms with Crippen molar-refractivity contribution in [2.45, 2.75) is 27.2 Å². The maximum Gasteiger partial charge on any atom is 0.247 e. The Bertz CT molecular complexity index is 348. The van der Waals surface area contributed by atoms with E-state index in [1.165, 1.54) is 0 Å². The number of aryl methyl sites for hydroxylation is 1. The molecule has 0 aromatic heterocycles. The molecule has 1 amide bonds. The van der Waals surface area contributed by atoms with Gasteiger partial charge in [-0.3, -0.25) is 9.63 Å². The summed E-state index contributed by atoms with van der Waals surface area (Å²) in [7, 11) is 0. The van der Waals surface area contributed by atoms with E-state index >= 15 is 0 Å². The topological polar surface area (TPSA) is 38.3 Å². The predicted octanol–water partition coefficient (Wildman–Crippen LogP) is 2.24. The van der Waals surface area contributed by atoms with E-state index in [2.05, 4.69) is 5.48 Å². The average Bonchev–Trinajstić information content (AvgIpc) is 2.16. The Kier molecular flexibility index (Phi) is 4.99. The summed E-state index contributed by atoms with van der Waals surface area (Å²) in [6.07, 6.45) is 0.361. The van der Waals surface area contributed by atoms with Crippen LogP contribution in [0.5, 0.6) is 0 Å². The zero-order chi connectivity index (χ0) is 12.0. The lowest BCUT2D eigenvalue weighted by Crippen LogP contribution is -2.27. The maximum atomic E-state index is 11.5. The first-order valence-electron chi connectivity index (χ1n) is 5.54. The molecule has 0 aliphatic heterocycles. The number of nitrogens with one attached hydrogen (secondary N) is 1. The second-order valence-electron chi connectivity index (χ2n) is 4.40. The molecule has 0 spiro atoms. The van der Waals surface area contributed by atoms with E-state index in [0.29, 0.717) is 18.9 Å². The van der Waals surface area contributed by atoms with E-state index in [1.807, 2.05) is 45.0 Å². The second kappa shape index (κ2) is 6.28. The van der Waals surface area contributed by atoms with Crippen molar-refractivity contribution >= 4 is 5.91 Å². The summed E-state index contributed by atoms with van der Waals surface area (Å²) in [5.74, 6) is 0.311. The van der Waals surface area contributed by atoms with E-state index in [0.717, 1.165) is 11.1 Å². The van der Waals surface area contributed by atoms with Gasteiger partial charge >= 0.3 is 0 Å². The molecule has 0 heterocycles. The van der Waals surface area contributed by atoms with Crippen LogP contribution in [0.25, 0.3) is 0 Å². The highest BCUT2D eigenvalue weighted by Gasteiger charge is 2.03. The van der Waals surface area contributed by atoms with Crippen molar-refractivity contribution in [2.24, 2.45) is 5.92 Å². The summed E-state index contributed by atoms with van der Waals surface area (Å²) in [4.78, 5) is 16.5. The van der Waals surface area contributed by atoms with Gasteiger partial charge in [0.05, 0.1) is 13.0 Å². The normalized spacial score (nSPS) is 10.5. The molecule has 0 aliphatic carbocycles. The highest BCUT2D eigenvalue weighted by atomic mass is 16.6. The average molecular weight is 221 g/mol. The van der Waals surface area contributed by atoms with Crippen LogP contribution in [0.2, 0.25) is 0 Å². The van der Waals surface area contributed by atoms with E-state index in [1.54, 1.807) is 0 Å². The van der Waals surface area contributed by atoms with Crippen molar-refractivity contribution in [1.29, 1.82) is 0 Å². The summed E-state index contributed by atoms with van der Waals surface area (Å²) in [6.45, 7) is 6.62. The lowest BCUT2D eigenvalue weighted by molar-refractivity contribution is -0.133. The van der Waals surface area contributed by atoms with E-state index in [9.17, 15) is 4.79 Å².